The predicted octanol–water partition coefficient (Wildman–Crippen LogP) is 4.02. The van der Waals surface area contributed by atoms with Crippen molar-refractivity contribution in [3.05, 3.63) is 34.9 Å². The van der Waals surface area contributed by atoms with Crippen LogP contribution in [0.3, 0.4) is 0 Å². The zero-order valence-electron chi connectivity index (χ0n) is 11.3. The van der Waals surface area contributed by atoms with Gasteiger partial charge in [0.25, 0.3) is 0 Å². The second kappa shape index (κ2) is 5.74. The second-order valence-electron chi connectivity index (χ2n) is 5.26. The van der Waals surface area contributed by atoms with Gasteiger partial charge in [0.2, 0.25) is 0 Å². The highest BCUT2D eigenvalue weighted by atomic mass is 79.9. The molecule has 1 heterocycles. The van der Waals surface area contributed by atoms with Crippen molar-refractivity contribution in [2.75, 3.05) is 13.1 Å². The normalized spacial score (nSPS) is 16.6. The summed E-state index contributed by atoms with van der Waals surface area (Å²) in [7, 11) is 0. The van der Waals surface area contributed by atoms with E-state index in [-0.39, 0.29) is 6.09 Å². The van der Waals surface area contributed by atoms with E-state index in [9.17, 15) is 4.79 Å². The fourth-order valence-electron chi connectivity index (χ4n) is 1.77. The van der Waals surface area contributed by atoms with Gasteiger partial charge in [0, 0.05) is 17.6 Å². The summed E-state index contributed by atoms with van der Waals surface area (Å²) < 4.78 is 6.22. The van der Waals surface area contributed by atoms with Crippen LogP contribution in [0.4, 0.5) is 4.79 Å². The molecule has 0 spiro atoms. The molecular weight excluding hydrogens is 294 g/mol. The smallest absolute Gasteiger partial charge is 0.410 e. The van der Waals surface area contributed by atoms with Crippen molar-refractivity contribution in [1.82, 2.24) is 4.90 Å². The molecular formula is C14H20BrNO2. The molecule has 1 aliphatic rings. The van der Waals surface area contributed by atoms with E-state index in [2.05, 4.69) is 29.1 Å². The molecule has 0 saturated heterocycles. The zero-order chi connectivity index (χ0) is 13.9. The molecule has 1 aliphatic heterocycles. The van der Waals surface area contributed by atoms with Gasteiger partial charge in [0.15, 0.2) is 0 Å². The first-order chi connectivity index (χ1) is 8.24. The maximum atomic E-state index is 12.0. The molecule has 3 nitrogen and oxygen atoms in total. The quantitative estimate of drug-likeness (QED) is 0.770. The van der Waals surface area contributed by atoms with Crippen LogP contribution in [0.2, 0.25) is 0 Å². The van der Waals surface area contributed by atoms with E-state index >= 15 is 0 Å². The lowest BCUT2D eigenvalue weighted by atomic mass is 10.0. The number of carbonyl (C=O) groups is 1. The Kier molecular flexibility index (Phi) is 4.79. The topological polar surface area (TPSA) is 29.5 Å². The monoisotopic (exact) mass is 313 g/mol. The minimum atomic E-state index is -0.464. The van der Waals surface area contributed by atoms with Crippen LogP contribution in [0.25, 0.3) is 0 Å². The Morgan fingerprint density at radius 3 is 2.56 bits per heavy atom. The third-order valence-electron chi connectivity index (χ3n) is 2.61. The molecule has 0 unspecified atom stereocenters. The van der Waals surface area contributed by atoms with Gasteiger partial charge >= 0.3 is 6.09 Å². The van der Waals surface area contributed by atoms with Gasteiger partial charge < -0.3 is 9.64 Å². The summed E-state index contributed by atoms with van der Waals surface area (Å²) in [5, 5.41) is 0. The minimum Gasteiger partial charge on any atom is -0.444 e. The van der Waals surface area contributed by atoms with Gasteiger partial charge in [-0.2, -0.15) is 0 Å². The van der Waals surface area contributed by atoms with Gasteiger partial charge in [-0.3, -0.25) is 0 Å². The molecule has 0 aromatic carbocycles. The molecule has 0 aromatic rings. The SMILES string of the molecule is C=CC1=C(C(=C)Br)CCN(C(=O)OC(C)(C)C)C1. The summed E-state index contributed by atoms with van der Waals surface area (Å²) >= 11 is 3.39. The number of halogens is 1. The third kappa shape index (κ3) is 4.02. The van der Waals surface area contributed by atoms with Crippen LogP contribution in [0.15, 0.2) is 34.9 Å². The van der Waals surface area contributed by atoms with E-state index in [4.69, 9.17) is 4.74 Å². The lowest BCUT2D eigenvalue weighted by Crippen LogP contribution is -2.40. The Morgan fingerprint density at radius 2 is 2.11 bits per heavy atom. The van der Waals surface area contributed by atoms with Crippen LogP contribution in [0.1, 0.15) is 27.2 Å². The van der Waals surface area contributed by atoms with Crippen LogP contribution in [0.5, 0.6) is 0 Å². The van der Waals surface area contributed by atoms with E-state index in [1.165, 1.54) is 0 Å². The Morgan fingerprint density at radius 1 is 1.50 bits per heavy atom. The first kappa shape index (κ1) is 15.0. The highest BCUT2D eigenvalue weighted by Crippen LogP contribution is 2.28. The fourth-order valence-corrected chi connectivity index (χ4v) is 2.22. The van der Waals surface area contributed by atoms with E-state index in [0.29, 0.717) is 13.1 Å². The van der Waals surface area contributed by atoms with Crippen molar-refractivity contribution in [1.29, 1.82) is 0 Å². The Bertz CT molecular complexity index is 405. The molecule has 1 amide bonds. The van der Waals surface area contributed by atoms with Gasteiger partial charge in [-0.05, 0) is 38.3 Å². The number of rotatable bonds is 2. The number of amides is 1. The summed E-state index contributed by atoms with van der Waals surface area (Å²) in [4.78, 5) is 13.7. The van der Waals surface area contributed by atoms with Crippen LogP contribution in [0, 0.1) is 0 Å². The van der Waals surface area contributed by atoms with Crippen molar-refractivity contribution in [3.8, 4) is 0 Å². The van der Waals surface area contributed by atoms with Gasteiger partial charge in [0.1, 0.15) is 5.60 Å². The Labute approximate surface area is 117 Å². The molecule has 18 heavy (non-hydrogen) atoms. The molecule has 1 rings (SSSR count). The van der Waals surface area contributed by atoms with Crippen LogP contribution < -0.4 is 0 Å². The second-order valence-corrected chi connectivity index (χ2v) is 6.22. The number of nitrogens with zero attached hydrogens (tertiary/aromatic N) is 1. The molecule has 0 aromatic heterocycles. The minimum absolute atomic E-state index is 0.277. The van der Waals surface area contributed by atoms with Crippen molar-refractivity contribution in [2.24, 2.45) is 0 Å². The fraction of sp³-hybridized carbons (Fsp3) is 0.500. The largest absolute Gasteiger partial charge is 0.444 e. The number of hydrogen-bond donors (Lipinski definition) is 0. The van der Waals surface area contributed by atoms with Crippen LogP contribution in [-0.2, 0) is 4.74 Å². The molecule has 4 heteroatoms. The van der Waals surface area contributed by atoms with E-state index < -0.39 is 5.60 Å². The number of allylic oxidation sites excluding steroid dienone is 1. The van der Waals surface area contributed by atoms with Gasteiger partial charge in [0.05, 0.1) is 0 Å². The maximum Gasteiger partial charge on any atom is 0.410 e. The summed E-state index contributed by atoms with van der Waals surface area (Å²) in [5.74, 6) is 0. The Balaban J connectivity index is 2.79. The summed E-state index contributed by atoms with van der Waals surface area (Å²) in [6, 6.07) is 0. The third-order valence-corrected chi connectivity index (χ3v) is 3.08. The highest BCUT2D eigenvalue weighted by molar-refractivity contribution is 9.11. The molecule has 0 N–H and O–H groups in total. The number of ether oxygens (including phenoxy) is 1. The van der Waals surface area contributed by atoms with Crippen molar-refractivity contribution in [2.45, 2.75) is 32.8 Å². The van der Waals surface area contributed by atoms with E-state index in [1.54, 1.807) is 11.0 Å². The standard InChI is InChI=1S/C14H20BrNO2/c1-6-11-9-16(8-7-12(11)10(2)15)13(17)18-14(3,4)5/h6H,1-2,7-9H2,3-5H3. The van der Waals surface area contributed by atoms with Crippen LogP contribution in [-0.4, -0.2) is 29.7 Å². The summed E-state index contributed by atoms with van der Waals surface area (Å²) in [6.45, 7) is 14.4. The molecule has 0 radical (unpaired) electrons. The summed E-state index contributed by atoms with van der Waals surface area (Å²) in [6.07, 6.45) is 2.27. The first-order valence-corrected chi connectivity index (χ1v) is 6.71. The molecule has 0 atom stereocenters. The molecule has 0 saturated carbocycles. The average molecular weight is 314 g/mol. The first-order valence-electron chi connectivity index (χ1n) is 5.92. The molecule has 0 bridgehead atoms. The van der Waals surface area contributed by atoms with Crippen molar-refractivity contribution in [3.63, 3.8) is 0 Å². The van der Waals surface area contributed by atoms with Crippen LogP contribution >= 0.6 is 15.9 Å². The zero-order valence-corrected chi connectivity index (χ0v) is 12.8. The summed E-state index contributed by atoms with van der Waals surface area (Å²) in [5.41, 5.74) is 1.69. The van der Waals surface area contributed by atoms with E-state index in [0.717, 1.165) is 22.0 Å². The number of hydrogen-bond acceptors (Lipinski definition) is 2. The molecule has 0 fully saturated rings. The van der Waals surface area contributed by atoms with Crippen molar-refractivity contribution < 1.29 is 9.53 Å². The average Bonchev–Trinajstić information content (AvgIpc) is 2.25. The molecule has 0 aliphatic carbocycles. The van der Waals surface area contributed by atoms with Gasteiger partial charge in [-0.15, -0.1) is 0 Å². The van der Waals surface area contributed by atoms with Crippen molar-refractivity contribution >= 4 is 22.0 Å². The lowest BCUT2D eigenvalue weighted by Gasteiger charge is -2.31. The Hall–Kier alpha value is -1.03. The van der Waals surface area contributed by atoms with Gasteiger partial charge in [-0.1, -0.05) is 35.2 Å². The number of carbonyl (C=O) groups excluding carboxylic acids is 1. The highest BCUT2D eigenvalue weighted by Gasteiger charge is 2.26. The van der Waals surface area contributed by atoms with Gasteiger partial charge in [-0.25, -0.2) is 4.79 Å². The maximum absolute atomic E-state index is 12.0. The van der Waals surface area contributed by atoms with E-state index in [1.807, 2.05) is 20.8 Å². The predicted molar refractivity (Wildman–Crippen MR) is 77.7 cm³/mol. The molecule has 100 valence electrons. The lowest BCUT2D eigenvalue weighted by molar-refractivity contribution is 0.0262.